The van der Waals surface area contributed by atoms with Crippen LogP contribution < -0.4 is 20.9 Å². The van der Waals surface area contributed by atoms with Crippen molar-refractivity contribution >= 4 is 17.1 Å². The number of hydrogen-bond acceptors (Lipinski definition) is 7. The Morgan fingerprint density at radius 1 is 1.34 bits per heavy atom. The zero-order chi connectivity index (χ0) is 20.5. The summed E-state index contributed by atoms with van der Waals surface area (Å²) in [5.41, 5.74) is 6.06. The quantitative estimate of drug-likeness (QED) is 0.633. The first-order valence-electron chi connectivity index (χ1n) is 9.16. The van der Waals surface area contributed by atoms with Crippen molar-refractivity contribution in [2.45, 2.75) is 25.5 Å². The zero-order valence-corrected chi connectivity index (χ0v) is 16.1. The summed E-state index contributed by atoms with van der Waals surface area (Å²) < 4.78 is 17.9. The maximum atomic E-state index is 12.6. The minimum atomic E-state index is -0.772. The molecule has 0 aliphatic carbocycles. The number of primary amides is 1. The second-order valence-electron chi connectivity index (χ2n) is 6.68. The maximum Gasteiger partial charge on any atom is 0.327 e. The number of carbonyl (C=O) groups excluding carboxylic acids is 1. The number of aromatic amines is 1. The van der Waals surface area contributed by atoms with Crippen LogP contribution in [0.15, 0.2) is 23.0 Å². The minimum absolute atomic E-state index is 0.0712. The molecule has 10 heteroatoms. The lowest BCUT2D eigenvalue weighted by Gasteiger charge is -2.13. The third kappa shape index (κ3) is 3.31. The number of nitrogens with two attached hydrogens (primary N) is 1. The molecule has 0 spiro atoms. The third-order valence-electron chi connectivity index (χ3n) is 4.91. The number of H-pyrrole nitrogens is 1. The SMILES string of the molecule is COc1cccc(-c2nc(C(N)=O)c3[nH]c(=O)n(CC4CCCO4)c3n2)c1OC. The second kappa shape index (κ2) is 7.55. The molecule has 4 rings (SSSR count). The number of benzene rings is 1. The van der Waals surface area contributed by atoms with Gasteiger partial charge < -0.3 is 24.9 Å². The zero-order valence-electron chi connectivity index (χ0n) is 16.1. The monoisotopic (exact) mass is 399 g/mol. The number of para-hydroxylation sites is 1. The van der Waals surface area contributed by atoms with Crippen LogP contribution in [0.1, 0.15) is 23.3 Å². The van der Waals surface area contributed by atoms with E-state index in [0.29, 0.717) is 30.2 Å². The van der Waals surface area contributed by atoms with Gasteiger partial charge in [0.2, 0.25) is 0 Å². The van der Waals surface area contributed by atoms with Crippen LogP contribution >= 0.6 is 0 Å². The minimum Gasteiger partial charge on any atom is -0.493 e. The third-order valence-corrected chi connectivity index (χ3v) is 4.91. The standard InChI is InChI=1S/C19H21N5O5/c1-27-12-7-3-6-11(15(12)28-2)17-21-13(16(20)25)14-18(23-17)24(19(26)22-14)9-10-5-4-8-29-10/h3,6-7,10H,4-5,8-9H2,1-2H3,(H2,20,25)(H,22,26). The van der Waals surface area contributed by atoms with Crippen molar-refractivity contribution in [3.8, 4) is 22.9 Å². The molecule has 1 fully saturated rings. The lowest BCUT2D eigenvalue weighted by molar-refractivity contribution is 0.0970. The highest BCUT2D eigenvalue weighted by Crippen LogP contribution is 2.36. The van der Waals surface area contributed by atoms with Crippen LogP contribution in [0.3, 0.4) is 0 Å². The number of carbonyl (C=O) groups is 1. The van der Waals surface area contributed by atoms with Gasteiger partial charge in [-0.1, -0.05) is 6.07 Å². The Kier molecular flexibility index (Phi) is 4.93. The van der Waals surface area contributed by atoms with Gasteiger partial charge in [0, 0.05) is 6.61 Å². The predicted molar refractivity (Wildman–Crippen MR) is 104 cm³/mol. The molecule has 3 heterocycles. The maximum absolute atomic E-state index is 12.6. The first-order valence-corrected chi connectivity index (χ1v) is 9.16. The van der Waals surface area contributed by atoms with E-state index in [-0.39, 0.29) is 28.8 Å². The molecular formula is C19H21N5O5. The summed E-state index contributed by atoms with van der Waals surface area (Å²) in [6.07, 6.45) is 1.70. The van der Waals surface area contributed by atoms with Gasteiger partial charge in [0.15, 0.2) is 28.7 Å². The normalized spacial score (nSPS) is 16.3. The van der Waals surface area contributed by atoms with E-state index in [9.17, 15) is 9.59 Å². The van der Waals surface area contributed by atoms with Crippen LogP contribution in [0, 0.1) is 0 Å². The summed E-state index contributed by atoms with van der Waals surface area (Å²) in [4.78, 5) is 36.1. The number of fused-ring (bicyclic) bond motifs is 1. The molecule has 1 aliphatic heterocycles. The Bertz CT molecular complexity index is 1130. The van der Waals surface area contributed by atoms with Gasteiger partial charge in [0.25, 0.3) is 5.91 Å². The van der Waals surface area contributed by atoms with Crippen LogP contribution in [0.25, 0.3) is 22.6 Å². The van der Waals surface area contributed by atoms with Gasteiger partial charge in [0.05, 0.1) is 32.4 Å². The molecule has 152 valence electrons. The Morgan fingerprint density at radius 3 is 2.83 bits per heavy atom. The van der Waals surface area contributed by atoms with Gasteiger partial charge >= 0.3 is 5.69 Å². The summed E-state index contributed by atoms with van der Waals surface area (Å²) >= 11 is 0. The van der Waals surface area contributed by atoms with Crippen LogP contribution in [-0.2, 0) is 11.3 Å². The average Bonchev–Trinajstić information content (AvgIpc) is 3.34. The molecule has 2 aromatic heterocycles. The van der Waals surface area contributed by atoms with Crippen LogP contribution in [0.2, 0.25) is 0 Å². The van der Waals surface area contributed by atoms with E-state index in [2.05, 4.69) is 15.0 Å². The van der Waals surface area contributed by atoms with Crippen molar-refractivity contribution in [2.75, 3.05) is 20.8 Å². The number of ether oxygens (including phenoxy) is 3. The molecule has 0 saturated carbocycles. The molecule has 10 nitrogen and oxygen atoms in total. The number of nitrogens with one attached hydrogen (secondary N) is 1. The first-order chi connectivity index (χ1) is 14.0. The number of nitrogens with zero attached hydrogens (tertiary/aromatic N) is 3. The molecule has 1 aromatic carbocycles. The molecule has 1 aliphatic rings. The number of methoxy groups -OCH3 is 2. The van der Waals surface area contributed by atoms with E-state index in [1.54, 1.807) is 18.2 Å². The van der Waals surface area contributed by atoms with E-state index in [4.69, 9.17) is 19.9 Å². The molecule has 1 saturated heterocycles. The van der Waals surface area contributed by atoms with Crippen molar-refractivity contribution in [2.24, 2.45) is 5.73 Å². The lowest BCUT2D eigenvalue weighted by Crippen LogP contribution is -2.24. The number of imidazole rings is 1. The Morgan fingerprint density at radius 2 is 2.17 bits per heavy atom. The van der Waals surface area contributed by atoms with E-state index in [0.717, 1.165) is 12.8 Å². The molecular weight excluding hydrogens is 378 g/mol. The molecule has 0 radical (unpaired) electrons. The fraction of sp³-hybridized carbons (Fsp3) is 0.368. The van der Waals surface area contributed by atoms with Crippen molar-refractivity contribution in [3.05, 3.63) is 34.4 Å². The van der Waals surface area contributed by atoms with Crippen molar-refractivity contribution < 1.29 is 19.0 Å². The summed E-state index contributed by atoms with van der Waals surface area (Å²) in [5, 5.41) is 0. The van der Waals surface area contributed by atoms with E-state index < -0.39 is 11.6 Å². The molecule has 1 unspecified atom stereocenters. The predicted octanol–water partition coefficient (Wildman–Crippen LogP) is 1.08. The molecule has 1 amide bonds. The number of rotatable bonds is 6. The highest BCUT2D eigenvalue weighted by molar-refractivity contribution is 6.02. The largest absolute Gasteiger partial charge is 0.493 e. The van der Waals surface area contributed by atoms with Gasteiger partial charge in [0.1, 0.15) is 5.52 Å². The summed E-state index contributed by atoms with van der Waals surface area (Å²) in [5.74, 6) is 0.321. The summed E-state index contributed by atoms with van der Waals surface area (Å²) in [6, 6.07) is 5.23. The van der Waals surface area contributed by atoms with Crippen LogP contribution in [0.5, 0.6) is 11.5 Å². The number of hydrogen-bond donors (Lipinski definition) is 2. The van der Waals surface area contributed by atoms with Gasteiger partial charge in [-0.25, -0.2) is 14.8 Å². The van der Waals surface area contributed by atoms with Gasteiger partial charge in [-0.3, -0.25) is 9.36 Å². The number of amides is 1. The molecule has 3 aromatic rings. The van der Waals surface area contributed by atoms with Crippen LogP contribution in [-0.4, -0.2) is 52.4 Å². The first kappa shape index (κ1) is 18.9. The van der Waals surface area contributed by atoms with Crippen molar-refractivity contribution in [1.82, 2.24) is 19.5 Å². The molecule has 3 N–H and O–H groups in total. The van der Waals surface area contributed by atoms with Gasteiger partial charge in [-0.05, 0) is 25.0 Å². The highest BCUT2D eigenvalue weighted by Gasteiger charge is 2.24. The second-order valence-corrected chi connectivity index (χ2v) is 6.68. The van der Waals surface area contributed by atoms with E-state index in [1.807, 2.05) is 0 Å². The topological polar surface area (TPSA) is 134 Å². The van der Waals surface area contributed by atoms with E-state index >= 15 is 0 Å². The van der Waals surface area contributed by atoms with Gasteiger partial charge in [-0.15, -0.1) is 0 Å². The molecule has 0 bridgehead atoms. The molecule has 29 heavy (non-hydrogen) atoms. The molecule has 1 atom stereocenters. The Balaban J connectivity index is 1.94. The van der Waals surface area contributed by atoms with Crippen LogP contribution in [0.4, 0.5) is 0 Å². The van der Waals surface area contributed by atoms with Crippen molar-refractivity contribution in [1.29, 1.82) is 0 Å². The van der Waals surface area contributed by atoms with Crippen molar-refractivity contribution in [3.63, 3.8) is 0 Å². The summed E-state index contributed by atoms with van der Waals surface area (Å²) in [7, 11) is 3.02. The smallest absolute Gasteiger partial charge is 0.327 e. The summed E-state index contributed by atoms with van der Waals surface area (Å²) in [6.45, 7) is 0.984. The Hall–Kier alpha value is -3.40. The number of aromatic nitrogens is 4. The Labute approximate surface area is 165 Å². The average molecular weight is 399 g/mol. The van der Waals surface area contributed by atoms with Gasteiger partial charge in [-0.2, -0.15) is 0 Å². The fourth-order valence-electron chi connectivity index (χ4n) is 3.55. The fourth-order valence-corrected chi connectivity index (χ4v) is 3.55. The highest BCUT2D eigenvalue weighted by atomic mass is 16.5. The van der Waals surface area contributed by atoms with E-state index in [1.165, 1.54) is 18.8 Å². The lowest BCUT2D eigenvalue weighted by atomic mass is 10.1.